The van der Waals surface area contributed by atoms with Crippen molar-refractivity contribution in [2.45, 2.75) is 31.7 Å². The van der Waals surface area contributed by atoms with Gasteiger partial charge in [-0.2, -0.15) is 0 Å². The molecule has 1 unspecified atom stereocenters. The third-order valence-electron chi connectivity index (χ3n) is 5.09. The number of piperidine rings is 1. The third kappa shape index (κ3) is 4.14. The van der Waals surface area contributed by atoms with Crippen molar-refractivity contribution in [1.29, 1.82) is 0 Å². The fourth-order valence-corrected chi connectivity index (χ4v) is 3.73. The Kier molecular flexibility index (Phi) is 6.75. The number of nitrogens with zero attached hydrogens (tertiary/aromatic N) is 1. The predicted octanol–water partition coefficient (Wildman–Crippen LogP) is 2.73. The van der Waals surface area contributed by atoms with Gasteiger partial charge in [0.05, 0.1) is 14.2 Å². The minimum absolute atomic E-state index is 0. The Morgan fingerprint density at radius 1 is 1.08 bits per heavy atom. The molecule has 0 aromatic heterocycles. The van der Waals surface area contributed by atoms with Crippen LogP contribution in [0.4, 0.5) is 0 Å². The van der Waals surface area contributed by atoms with Gasteiger partial charge in [0.25, 0.3) is 5.91 Å². The lowest BCUT2D eigenvalue weighted by molar-refractivity contribution is 0.0673. The van der Waals surface area contributed by atoms with E-state index in [-0.39, 0.29) is 18.3 Å². The zero-order valence-electron chi connectivity index (χ0n) is 14.4. The number of benzene rings is 1. The van der Waals surface area contributed by atoms with Gasteiger partial charge in [-0.25, -0.2) is 0 Å². The zero-order chi connectivity index (χ0) is 16.2. The highest BCUT2D eigenvalue weighted by Crippen LogP contribution is 2.28. The van der Waals surface area contributed by atoms with Gasteiger partial charge in [0.2, 0.25) is 0 Å². The Balaban J connectivity index is 0.00000208. The van der Waals surface area contributed by atoms with Gasteiger partial charge < -0.3 is 19.7 Å². The average molecular weight is 355 g/mol. The molecule has 2 fully saturated rings. The Labute approximate surface area is 150 Å². The van der Waals surface area contributed by atoms with Crippen LogP contribution >= 0.6 is 12.4 Å². The van der Waals surface area contributed by atoms with Crippen LogP contribution < -0.4 is 14.8 Å². The van der Waals surface area contributed by atoms with E-state index in [1.807, 2.05) is 4.90 Å². The van der Waals surface area contributed by atoms with E-state index >= 15 is 0 Å². The summed E-state index contributed by atoms with van der Waals surface area (Å²) in [6.45, 7) is 2.82. The van der Waals surface area contributed by atoms with E-state index in [9.17, 15) is 4.79 Å². The Morgan fingerprint density at radius 3 is 2.21 bits per heavy atom. The zero-order valence-corrected chi connectivity index (χ0v) is 15.2. The molecule has 0 saturated carbocycles. The number of nitrogens with one attached hydrogen (secondary N) is 1. The van der Waals surface area contributed by atoms with Crippen molar-refractivity contribution in [1.82, 2.24) is 10.2 Å². The molecular formula is C18H27ClN2O3. The maximum absolute atomic E-state index is 12.8. The second-order valence-electron chi connectivity index (χ2n) is 6.43. The van der Waals surface area contributed by atoms with E-state index in [4.69, 9.17) is 9.47 Å². The van der Waals surface area contributed by atoms with E-state index in [1.54, 1.807) is 32.4 Å². The van der Waals surface area contributed by atoms with Crippen LogP contribution in [0, 0.1) is 5.92 Å². The van der Waals surface area contributed by atoms with Gasteiger partial charge in [0, 0.05) is 30.8 Å². The molecule has 0 aliphatic carbocycles. The lowest BCUT2D eigenvalue weighted by Crippen LogP contribution is -2.43. The fraction of sp³-hybridized carbons (Fsp3) is 0.611. The van der Waals surface area contributed by atoms with E-state index in [0.717, 1.165) is 32.5 Å². The first kappa shape index (κ1) is 18.9. The summed E-state index contributed by atoms with van der Waals surface area (Å²) in [4.78, 5) is 14.7. The highest BCUT2D eigenvalue weighted by molar-refractivity contribution is 5.95. The standard InChI is InChI=1S/C18H26N2O3.ClH/c1-22-15-10-14(11-16(12-15)23-2)18(21)20-8-5-13(6-9-20)17-4-3-7-19-17;/h10-13,17,19H,3-9H2,1-2H3;1H. The molecule has 134 valence electrons. The number of carbonyl (C=O) groups is 1. The second kappa shape index (κ2) is 8.58. The molecule has 3 rings (SSSR count). The van der Waals surface area contributed by atoms with Crippen LogP contribution in [0.3, 0.4) is 0 Å². The molecule has 2 saturated heterocycles. The van der Waals surface area contributed by atoms with Crippen molar-refractivity contribution in [3.8, 4) is 11.5 Å². The first-order chi connectivity index (χ1) is 11.2. The van der Waals surface area contributed by atoms with Gasteiger partial charge in [0.15, 0.2) is 0 Å². The number of carbonyl (C=O) groups excluding carboxylic acids is 1. The number of methoxy groups -OCH3 is 2. The Hall–Kier alpha value is -1.46. The van der Waals surface area contributed by atoms with E-state index in [2.05, 4.69) is 5.32 Å². The average Bonchev–Trinajstić information content (AvgIpc) is 3.15. The van der Waals surface area contributed by atoms with Gasteiger partial charge in [-0.1, -0.05) is 0 Å². The number of hydrogen-bond donors (Lipinski definition) is 1. The van der Waals surface area contributed by atoms with Crippen molar-refractivity contribution >= 4 is 18.3 Å². The highest BCUT2D eigenvalue weighted by atomic mass is 35.5. The van der Waals surface area contributed by atoms with Crippen LogP contribution in [-0.2, 0) is 0 Å². The largest absolute Gasteiger partial charge is 0.497 e. The molecular weight excluding hydrogens is 328 g/mol. The third-order valence-corrected chi connectivity index (χ3v) is 5.09. The van der Waals surface area contributed by atoms with Gasteiger partial charge >= 0.3 is 0 Å². The van der Waals surface area contributed by atoms with Crippen LogP contribution in [0.2, 0.25) is 0 Å². The van der Waals surface area contributed by atoms with E-state index < -0.39 is 0 Å². The van der Waals surface area contributed by atoms with Crippen molar-refractivity contribution in [3.05, 3.63) is 23.8 Å². The number of halogens is 1. The van der Waals surface area contributed by atoms with Crippen molar-refractivity contribution < 1.29 is 14.3 Å². The fourth-order valence-electron chi connectivity index (χ4n) is 3.73. The molecule has 1 atom stereocenters. The molecule has 1 aromatic rings. The van der Waals surface area contributed by atoms with Crippen LogP contribution in [0.5, 0.6) is 11.5 Å². The molecule has 2 heterocycles. The maximum atomic E-state index is 12.8. The monoisotopic (exact) mass is 354 g/mol. The number of ether oxygens (including phenoxy) is 2. The van der Waals surface area contributed by atoms with Gasteiger partial charge in [-0.3, -0.25) is 4.79 Å². The Morgan fingerprint density at radius 2 is 1.71 bits per heavy atom. The number of hydrogen-bond acceptors (Lipinski definition) is 4. The molecule has 2 aliphatic heterocycles. The van der Waals surface area contributed by atoms with Crippen LogP contribution in [0.25, 0.3) is 0 Å². The molecule has 2 aliphatic rings. The van der Waals surface area contributed by atoms with Crippen LogP contribution in [0.1, 0.15) is 36.0 Å². The Bertz CT molecular complexity index is 531. The first-order valence-corrected chi connectivity index (χ1v) is 8.47. The molecule has 0 bridgehead atoms. The van der Waals surface area contributed by atoms with E-state index in [0.29, 0.717) is 29.0 Å². The lowest BCUT2D eigenvalue weighted by Gasteiger charge is -2.35. The van der Waals surface area contributed by atoms with Gasteiger partial charge in [-0.15, -0.1) is 12.4 Å². The smallest absolute Gasteiger partial charge is 0.254 e. The minimum atomic E-state index is 0. The van der Waals surface area contributed by atoms with Crippen molar-refractivity contribution in [3.63, 3.8) is 0 Å². The van der Waals surface area contributed by atoms with Gasteiger partial charge in [-0.05, 0) is 50.3 Å². The number of amides is 1. The highest BCUT2D eigenvalue weighted by Gasteiger charge is 2.30. The minimum Gasteiger partial charge on any atom is -0.497 e. The summed E-state index contributed by atoms with van der Waals surface area (Å²) < 4.78 is 10.5. The summed E-state index contributed by atoms with van der Waals surface area (Å²) in [5, 5.41) is 3.60. The van der Waals surface area contributed by atoms with Crippen LogP contribution in [-0.4, -0.2) is 50.7 Å². The van der Waals surface area contributed by atoms with Crippen molar-refractivity contribution in [2.24, 2.45) is 5.92 Å². The quantitative estimate of drug-likeness (QED) is 0.903. The summed E-state index contributed by atoms with van der Waals surface area (Å²) in [5.74, 6) is 2.08. The van der Waals surface area contributed by atoms with Crippen molar-refractivity contribution in [2.75, 3.05) is 33.9 Å². The molecule has 6 heteroatoms. The topological polar surface area (TPSA) is 50.8 Å². The summed E-state index contributed by atoms with van der Waals surface area (Å²) in [7, 11) is 3.20. The molecule has 0 radical (unpaired) electrons. The van der Waals surface area contributed by atoms with Gasteiger partial charge in [0.1, 0.15) is 11.5 Å². The SMILES string of the molecule is COc1cc(OC)cc(C(=O)N2CCC(C3CCCN3)CC2)c1.Cl. The second-order valence-corrected chi connectivity index (χ2v) is 6.43. The molecule has 5 nitrogen and oxygen atoms in total. The molecule has 1 aromatic carbocycles. The number of rotatable bonds is 4. The summed E-state index contributed by atoms with van der Waals surface area (Å²) in [5.41, 5.74) is 0.638. The molecule has 1 amide bonds. The molecule has 24 heavy (non-hydrogen) atoms. The molecule has 0 spiro atoms. The first-order valence-electron chi connectivity index (χ1n) is 8.47. The summed E-state index contributed by atoms with van der Waals surface area (Å²) >= 11 is 0. The number of likely N-dealkylation sites (tertiary alicyclic amines) is 1. The lowest BCUT2D eigenvalue weighted by atomic mass is 9.88. The maximum Gasteiger partial charge on any atom is 0.254 e. The van der Waals surface area contributed by atoms with E-state index in [1.165, 1.54) is 12.8 Å². The molecule has 1 N–H and O–H groups in total. The predicted molar refractivity (Wildman–Crippen MR) is 96.4 cm³/mol. The summed E-state index contributed by atoms with van der Waals surface area (Å²) in [6.07, 6.45) is 4.74. The summed E-state index contributed by atoms with van der Waals surface area (Å²) in [6, 6.07) is 6.02. The normalized spacial score (nSPS) is 21.2. The van der Waals surface area contributed by atoms with Crippen LogP contribution in [0.15, 0.2) is 18.2 Å².